The molecule has 0 aliphatic heterocycles. The minimum atomic E-state index is 0. The van der Waals surface area contributed by atoms with Crippen molar-refractivity contribution >= 4 is 25.3 Å². The third kappa shape index (κ3) is 914. The van der Waals surface area contributed by atoms with Gasteiger partial charge >= 0.3 is 17.1 Å². The predicted octanol–water partition coefficient (Wildman–Crippen LogP) is 0.0238. The van der Waals surface area contributed by atoms with Crippen molar-refractivity contribution in [1.29, 1.82) is 10.5 Å². The van der Waals surface area contributed by atoms with Gasteiger partial charge in [-0.1, -0.05) is 10.8 Å². The third-order valence-electron chi connectivity index (χ3n) is 0. The van der Waals surface area contributed by atoms with Gasteiger partial charge in [0, 0.05) is 17.1 Å². The maximum absolute atomic E-state index is 7.13. The molecular weight excluding hydrogens is 236 g/mol. The van der Waals surface area contributed by atoms with E-state index in [9.17, 15) is 0 Å². The normalized spacial score (nSPS) is 1.75. The first-order chi connectivity index (χ1) is 2.83. The Morgan fingerprint density at radius 1 is 1.00 bits per heavy atom. The molecule has 0 aromatic heterocycles. The summed E-state index contributed by atoms with van der Waals surface area (Å²) in [5, 5.41) is 16.9. The zero-order valence-corrected chi connectivity index (χ0v) is 7.04. The summed E-state index contributed by atoms with van der Waals surface area (Å²) >= 11 is 7.40. The Labute approximate surface area is 80.4 Å². The van der Waals surface area contributed by atoms with Crippen molar-refractivity contribution in [3.05, 3.63) is 0 Å². The summed E-state index contributed by atoms with van der Waals surface area (Å²) < 4.78 is 0. The van der Waals surface area contributed by atoms with Crippen LogP contribution in [0.2, 0.25) is 0 Å². The molecule has 0 rings (SSSR count). The van der Waals surface area contributed by atoms with Crippen molar-refractivity contribution in [1.82, 2.24) is 0 Å². The van der Waals surface area contributed by atoms with Crippen LogP contribution in [0.5, 0.6) is 0 Å². The molecule has 0 aliphatic carbocycles. The van der Waals surface area contributed by atoms with Gasteiger partial charge in [-0.05, 0) is 0 Å². The fourth-order valence-corrected chi connectivity index (χ4v) is 0. The van der Waals surface area contributed by atoms with E-state index in [1.807, 2.05) is 0 Å². The number of rotatable bonds is 0. The summed E-state index contributed by atoms with van der Waals surface area (Å²) in [6.07, 6.45) is 0. The second kappa shape index (κ2) is 51.5. The van der Waals surface area contributed by atoms with E-state index in [1.54, 1.807) is 0 Å². The molecule has 0 spiro atoms. The molecule has 1 radical (unpaired) electrons. The Kier molecular flexibility index (Phi) is 152. The Bertz CT molecular complexity index is 73.0. The Morgan fingerprint density at radius 2 is 1.00 bits per heavy atom. The molecular formula is C2CuFeN2S2. The SMILES string of the molecule is N#C[S-].N#C[S-].[Cu].[Fe+2]. The van der Waals surface area contributed by atoms with E-state index < -0.39 is 0 Å². The largest absolute Gasteiger partial charge is 2.00 e. The second-order valence-electron chi connectivity index (χ2n) is 0.183. The van der Waals surface area contributed by atoms with Crippen LogP contribution >= 0.6 is 0 Å². The number of hydrogen-bond donors (Lipinski definition) is 0. The molecule has 0 saturated carbocycles. The van der Waals surface area contributed by atoms with E-state index in [-0.39, 0.29) is 34.1 Å². The first-order valence-corrected chi connectivity index (χ1v) is 1.67. The van der Waals surface area contributed by atoms with E-state index >= 15 is 0 Å². The molecule has 0 saturated heterocycles. The fraction of sp³-hybridized carbons (Fsp3) is 0. The number of nitriles is 2. The Morgan fingerprint density at radius 3 is 1.00 bits per heavy atom. The molecule has 8 heavy (non-hydrogen) atoms. The molecule has 6 heteroatoms. The molecule has 49 valence electrons. The van der Waals surface area contributed by atoms with Gasteiger partial charge in [-0.15, -0.1) is 0 Å². The van der Waals surface area contributed by atoms with Gasteiger partial charge in [0.15, 0.2) is 0 Å². The Balaban J connectivity index is -0.0000000160. The molecule has 0 bridgehead atoms. The van der Waals surface area contributed by atoms with Gasteiger partial charge in [-0.25, -0.2) is 10.5 Å². The quantitative estimate of drug-likeness (QED) is 0.338. The molecule has 0 atom stereocenters. The van der Waals surface area contributed by atoms with E-state index in [1.165, 1.54) is 10.8 Å². The number of hydrogen-bond acceptors (Lipinski definition) is 4. The summed E-state index contributed by atoms with van der Waals surface area (Å²) in [6.45, 7) is 0. The molecule has 0 unspecified atom stereocenters. The summed E-state index contributed by atoms with van der Waals surface area (Å²) in [5.41, 5.74) is 0. The van der Waals surface area contributed by atoms with Crippen molar-refractivity contribution in [2.24, 2.45) is 0 Å². The van der Waals surface area contributed by atoms with Crippen LogP contribution in [0.3, 0.4) is 0 Å². The average Bonchev–Trinajstić information content (AvgIpc) is 1.39. The third-order valence-corrected chi connectivity index (χ3v) is 0. The van der Waals surface area contributed by atoms with E-state index in [0.717, 1.165) is 0 Å². The number of nitrogens with zero attached hydrogens (tertiary/aromatic N) is 2. The molecule has 0 N–H and O–H groups in total. The number of thiocyanates is 2. The summed E-state index contributed by atoms with van der Waals surface area (Å²) in [7, 11) is 0. The summed E-state index contributed by atoms with van der Waals surface area (Å²) in [5.74, 6) is 0. The molecule has 0 heterocycles. The van der Waals surface area contributed by atoms with Crippen LogP contribution in [0.4, 0.5) is 0 Å². The van der Waals surface area contributed by atoms with Crippen molar-refractivity contribution in [3.63, 3.8) is 0 Å². The second-order valence-corrected chi connectivity index (χ2v) is 0.548. The maximum Gasteiger partial charge on any atom is 2.00 e. The van der Waals surface area contributed by atoms with Crippen molar-refractivity contribution in [3.8, 4) is 10.8 Å². The van der Waals surface area contributed by atoms with Crippen LogP contribution in [0, 0.1) is 21.3 Å². The van der Waals surface area contributed by atoms with E-state index in [0.29, 0.717) is 0 Å². The average molecular weight is 236 g/mol. The zero-order valence-electron chi connectivity index (χ0n) is 3.37. The molecule has 0 amide bonds. The summed E-state index contributed by atoms with van der Waals surface area (Å²) in [6, 6.07) is 0. The predicted molar refractivity (Wildman–Crippen MR) is 26.0 cm³/mol. The molecule has 0 aliphatic rings. The van der Waals surface area contributed by atoms with Gasteiger partial charge in [0.25, 0.3) is 0 Å². The minimum absolute atomic E-state index is 0. The topological polar surface area (TPSA) is 47.6 Å². The zero-order chi connectivity index (χ0) is 5.41. The molecule has 0 aromatic carbocycles. The molecule has 2 nitrogen and oxygen atoms in total. The smallest absolute Gasteiger partial charge is 0.696 e. The molecule has 0 aromatic rings. The van der Waals surface area contributed by atoms with Gasteiger partial charge in [0.1, 0.15) is 0 Å². The van der Waals surface area contributed by atoms with Gasteiger partial charge in [0.2, 0.25) is 0 Å². The van der Waals surface area contributed by atoms with E-state index in [4.69, 9.17) is 10.5 Å². The van der Waals surface area contributed by atoms with Gasteiger partial charge < -0.3 is 25.3 Å². The van der Waals surface area contributed by atoms with Gasteiger partial charge in [-0.3, -0.25) is 0 Å². The Hall–Kier alpha value is 0.459. The van der Waals surface area contributed by atoms with E-state index in [2.05, 4.69) is 25.3 Å². The fourth-order valence-electron chi connectivity index (χ4n) is 0. The molecule has 0 fully saturated rings. The standard InChI is InChI=1S/2CHNS.Cu.Fe/c2*2-1-3;;/h2*3H;;/q;;;+2/p-2. The van der Waals surface area contributed by atoms with Crippen molar-refractivity contribution in [2.75, 3.05) is 0 Å². The first-order valence-electron chi connectivity index (χ1n) is 0.855. The van der Waals surface area contributed by atoms with Gasteiger partial charge in [-0.2, -0.15) is 0 Å². The first kappa shape index (κ1) is 23.7. The van der Waals surface area contributed by atoms with Crippen molar-refractivity contribution in [2.45, 2.75) is 0 Å². The van der Waals surface area contributed by atoms with Crippen LogP contribution in [0.15, 0.2) is 0 Å². The summed E-state index contributed by atoms with van der Waals surface area (Å²) in [4.78, 5) is 0. The van der Waals surface area contributed by atoms with Crippen LogP contribution in [0.1, 0.15) is 0 Å². The minimum Gasteiger partial charge on any atom is -0.696 e. The van der Waals surface area contributed by atoms with Crippen molar-refractivity contribution < 1.29 is 34.1 Å². The monoisotopic (exact) mass is 235 g/mol. The van der Waals surface area contributed by atoms with Crippen LogP contribution in [0.25, 0.3) is 0 Å². The van der Waals surface area contributed by atoms with Gasteiger partial charge in [0.05, 0.1) is 0 Å². The van der Waals surface area contributed by atoms with Crippen LogP contribution < -0.4 is 0 Å². The van der Waals surface area contributed by atoms with Crippen LogP contribution in [-0.4, -0.2) is 0 Å². The maximum atomic E-state index is 7.13. The van der Waals surface area contributed by atoms with Crippen LogP contribution in [-0.2, 0) is 59.4 Å².